The van der Waals surface area contributed by atoms with Crippen LogP contribution in [0.4, 0.5) is 0 Å². The fourth-order valence-electron chi connectivity index (χ4n) is 1.77. The quantitative estimate of drug-likeness (QED) is 0.840. The molecule has 0 radical (unpaired) electrons. The van der Waals surface area contributed by atoms with Crippen molar-refractivity contribution < 1.29 is 9.84 Å². The van der Waals surface area contributed by atoms with E-state index in [1.807, 2.05) is 24.3 Å². The van der Waals surface area contributed by atoms with Crippen LogP contribution in [0.1, 0.15) is 19.5 Å². The van der Waals surface area contributed by atoms with Crippen molar-refractivity contribution >= 4 is 10.8 Å². The van der Waals surface area contributed by atoms with Crippen LogP contribution >= 0.6 is 0 Å². The average Bonchev–Trinajstić information content (AvgIpc) is 2.26. The molecule has 0 aliphatic carbocycles. The van der Waals surface area contributed by atoms with Gasteiger partial charge in [0, 0.05) is 11.6 Å². The average molecular weight is 217 g/mol. The highest BCUT2D eigenvalue weighted by atomic mass is 16.5. The molecule has 0 saturated carbocycles. The number of ether oxygens (including phenoxy) is 1. The van der Waals surface area contributed by atoms with E-state index in [0.717, 1.165) is 16.5 Å². The molecule has 1 N–H and O–H groups in total. The molecule has 1 aromatic carbocycles. The number of aromatic nitrogens is 1. The molecule has 0 fully saturated rings. The Balaban J connectivity index is 2.70. The van der Waals surface area contributed by atoms with E-state index >= 15 is 0 Å². The molecule has 0 saturated heterocycles. The van der Waals surface area contributed by atoms with E-state index in [-0.39, 0.29) is 0 Å². The van der Waals surface area contributed by atoms with Crippen molar-refractivity contribution in [1.29, 1.82) is 0 Å². The van der Waals surface area contributed by atoms with Gasteiger partial charge in [-0.25, -0.2) is 0 Å². The molecule has 16 heavy (non-hydrogen) atoms. The SMILES string of the molecule is COc1ccc2c(C(C)(C)O)nccc2c1. The zero-order valence-corrected chi connectivity index (χ0v) is 9.69. The second-order valence-corrected chi connectivity index (χ2v) is 4.31. The van der Waals surface area contributed by atoms with Gasteiger partial charge in [-0.05, 0) is 43.5 Å². The number of methoxy groups -OCH3 is 1. The number of hydrogen-bond acceptors (Lipinski definition) is 3. The number of fused-ring (bicyclic) bond motifs is 1. The summed E-state index contributed by atoms with van der Waals surface area (Å²) in [6.45, 7) is 3.47. The highest BCUT2D eigenvalue weighted by Gasteiger charge is 2.20. The minimum Gasteiger partial charge on any atom is -0.497 e. The summed E-state index contributed by atoms with van der Waals surface area (Å²) >= 11 is 0. The lowest BCUT2D eigenvalue weighted by Gasteiger charge is -2.18. The maximum Gasteiger partial charge on any atom is 0.119 e. The predicted octanol–water partition coefficient (Wildman–Crippen LogP) is 2.47. The van der Waals surface area contributed by atoms with Crippen LogP contribution in [0.25, 0.3) is 10.8 Å². The van der Waals surface area contributed by atoms with Gasteiger partial charge in [-0.3, -0.25) is 4.98 Å². The van der Waals surface area contributed by atoms with Gasteiger partial charge in [0.1, 0.15) is 11.4 Å². The van der Waals surface area contributed by atoms with Gasteiger partial charge in [0.15, 0.2) is 0 Å². The third kappa shape index (κ3) is 1.86. The molecule has 3 heteroatoms. The van der Waals surface area contributed by atoms with Crippen molar-refractivity contribution in [3.8, 4) is 5.75 Å². The smallest absolute Gasteiger partial charge is 0.119 e. The van der Waals surface area contributed by atoms with Crippen LogP contribution < -0.4 is 4.74 Å². The predicted molar refractivity (Wildman–Crippen MR) is 63.5 cm³/mol. The zero-order valence-electron chi connectivity index (χ0n) is 9.69. The van der Waals surface area contributed by atoms with Gasteiger partial charge < -0.3 is 9.84 Å². The molecule has 3 nitrogen and oxygen atoms in total. The summed E-state index contributed by atoms with van der Waals surface area (Å²) in [5, 5.41) is 12.0. The van der Waals surface area contributed by atoms with Gasteiger partial charge in [0.25, 0.3) is 0 Å². The number of pyridine rings is 1. The van der Waals surface area contributed by atoms with Crippen molar-refractivity contribution in [2.45, 2.75) is 19.4 Å². The van der Waals surface area contributed by atoms with Gasteiger partial charge in [0.05, 0.1) is 12.8 Å². The molecule has 0 spiro atoms. The normalized spacial score (nSPS) is 11.8. The van der Waals surface area contributed by atoms with Crippen LogP contribution in [-0.2, 0) is 5.60 Å². The maximum absolute atomic E-state index is 10.0. The minimum absolute atomic E-state index is 0.688. The summed E-state index contributed by atoms with van der Waals surface area (Å²) in [5.41, 5.74) is -0.249. The van der Waals surface area contributed by atoms with E-state index in [1.54, 1.807) is 27.2 Å². The number of rotatable bonds is 2. The van der Waals surface area contributed by atoms with Gasteiger partial charge in [-0.2, -0.15) is 0 Å². The second kappa shape index (κ2) is 3.76. The Labute approximate surface area is 94.7 Å². The van der Waals surface area contributed by atoms with E-state index in [1.165, 1.54) is 0 Å². The van der Waals surface area contributed by atoms with Crippen LogP contribution in [0.2, 0.25) is 0 Å². The van der Waals surface area contributed by atoms with Gasteiger partial charge in [-0.15, -0.1) is 0 Å². The monoisotopic (exact) mass is 217 g/mol. The molecule has 84 valence electrons. The highest BCUT2D eigenvalue weighted by Crippen LogP contribution is 2.28. The molecule has 0 atom stereocenters. The van der Waals surface area contributed by atoms with E-state index in [0.29, 0.717) is 5.69 Å². The number of hydrogen-bond donors (Lipinski definition) is 1. The molecular formula is C13H15NO2. The van der Waals surface area contributed by atoms with E-state index in [2.05, 4.69) is 4.98 Å². The molecule has 0 aliphatic heterocycles. The Morgan fingerprint density at radius 1 is 1.25 bits per heavy atom. The molecule has 2 rings (SSSR count). The maximum atomic E-state index is 10.0. The summed E-state index contributed by atoms with van der Waals surface area (Å²) < 4.78 is 5.16. The summed E-state index contributed by atoms with van der Waals surface area (Å²) in [4.78, 5) is 4.24. The van der Waals surface area contributed by atoms with Crippen LogP contribution in [0.3, 0.4) is 0 Å². The fourth-order valence-corrected chi connectivity index (χ4v) is 1.77. The van der Waals surface area contributed by atoms with Crippen molar-refractivity contribution in [2.24, 2.45) is 0 Å². The van der Waals surface area contributed by atoms with Gasteiger partial charge in [-0.1, -0.05) is 0 Å². The summed E-state index contributed by atoms with van der Waals surface area (Å²) in [6, 6.07) is 7.65. The Hall–Kier alpha value is -1.61. The van der Waals surface area contributed by atoms with E-state index in [4.69, 9.17) is 4.74 Å². The fraction of sp³-hybridized carbons (Fsp3) is 0.308. The first-order chi connectivity index (χ1) is 7.52. The third-order valence-electron chi connectivity index (χ3n) is 2.55. The molecule has 0 bridgehead atoms. The van der Waals surface area contributed by atoms with Crippen molar-refractivity contribution in [3.63, 3.8) is 0 Å². The number of aliphatic hydroxyl groups is 1. The van der Waals surface area contributed by atoms with Crippen LogP contribution in [0.15, 0.2) is 30.5 Å². The topological polar surface area (TPSA) is 42.4 Å². The van der Waals surface area contributed by atoms with Crippen molar-refractivity contribution in [2.75, 3.05) is 7.11 Å². The largest absolute Gasteiger partial charge is 0.497 e. The van der Waals surface area contributed by atoms with E-state index < -0.39 is 5.60 Å². The summed E-state index contributed by atoms with van der Waals surface area (Å²) in [6.07, 6.45) is 1.70. The summed E-state index contributed by atoms with van der Waals surface area (Å²) in [5.74, 6) is 0.806. The van der Waals surface area contributed by atoms with Gasteiger partial charge >= 0.3 is 0 Å². The Bertz CT molecular complexity index is 515. The Morgan fingerprint density at radius 3 is 2.62 bits per heavy atom. The van der Waals surface area contributed by atoms with Crippen LogP contribution in [-0.4, -0.2) is 17.2 Å². The molecule has 1 aromatic heterocycles. The summed E-state index contributed by atoms with van der Waals surface area (Å²) in [7, 11) is 1.64. The van der Waals surface area contributed by atoms with E-state index in [9.17, 15) is 5.11 Å². The van der Waals surface area contributed by atoms with Crippen molar-refractivity contribution in [3.05, 3.63) is 36.2 Å². The standard InChI is InChI=1S/C13H15NO2/c1-13(2,15)12-11-5-4-10(16-3)8-9(11)6-7-14-12/h4-8,15H,1-3H3. The molecular weight excluding hydrogens is 202 g/mol. The van der Waals surface area contributed by atoms with Crippen LogP contribution in [0.5, 0.6) is 5.75 Å². The first kappa shape index (κ1) is 10.9. The highest BCUT2D eigenvalue weighted by molar-refractivity contribution is 5.86. The zero-order chi connectivity index (χ0) is 11.8. The molecule has 0 aliphatic rings. The second-order valence-electron chi connectivity index (χ2n) is 4.31. The molecule has 0 unspecified atom stereocenters. The lowest BCUT2D eigenvalue weighted by molar-refractivity contribution is 0.0756. The van der Waals surface area contributed by atoms with Crippen LogP contribution in [0, 0.1) is 0 Å². The molecule has 0 amide bonds. The number of benzene rings is 1. The third-order valence-corrected chi connectivity index (χ3v) is 2.55. The Kier molecular flexibility index (Phi) is 2.56. The number of nitrogens with zero attached hydrogens (tertiary/aromatic N) is 1. The Morgan fingerprint density at radius 2 is 2.00 bits per heavy atom. The van der Waals surface area contributed by atoms with Crippen molar-refractivity contribution in [1.82, 2.24) is 4.98 Å². The lowest BCUT2D eigenvalue weighted by Crippen LogP contribution is -2.17. The molecule has 1 heterocycles. The first-order valence-electron chi connectivity index (χ1n) is 5.18. The first-order valence-corrected chi connectivity index (χ1v) is 5.18. The lowest BCUT2D eigenvalue weighted by atomic mass is 9.98. The molecule has 2 aromatic rings. The van der Waals surface area contributed by atoms with Gasteiger partial charge in [0.2, 0.25) is 0 Å². The minimum atomic E-state index is -0.936.